The molecule has 3 aliphatic heterocycles. The fraction of sp³-hybridized carbons (Fsp3) is 0.368. The Bertz CT molecular complexity index is 962. The Kier molecular flexibility index (Phi) is 5.19. The molecule has 1 aromatic rings. The maximum Gasteiger partial charge on any atom is 0.257 e. The molecule has 1 saturated heterocycles. The Labute approximate surface area is 163 Å². The number of anilines is 1. The highest BCUT2D eigenvalue weighted by atomic mass is 32.2. The zero-order chi connectivity index (χ0) is 19.6. The van der Waals surface area contributed by atoms with Gasteiger partial charge in [0.2, 0.25) is 0 Å². The Morgan fingerprint density at radius 3 is 3.07 bits per heavy atom. The van der Waals surface area contributed by atoms with Gasteiger partial charge in [0.05, 0.1) is 17.4 Å². The summed E-state index contributed by atoms with van der Waals surface area (Å²) in [5.41, 5.74) is 1.04. The molecule has 0 saturated carbocycles. The zero-order valence-corrected chi connectivity index (χ0v) is 16.0. The molecule has 1 amide bonds. The van der Waals surface area contributed by atoms with Gasteiger partial charge in [0.25, 0.3) is 15.9 Å². The number of fused-ring (bicyclic) bond motifs is 1. The van der Waals surface area contributed by atoms with Crippen LogP contribution in [0.4, 0.5) is 5.69 Å². The fourth-order valence-electron chi connectivity index (χ4n) is 3.17. The number of amidine groups is 1. The van der Waals surface area contributed by atoms with E-state index in [1.807, 2.05) is 12.1 Å². The number of hydrogen-bond acceptors (Lipinski definition) is 6. The second-order valence-corrected chi connectivity index (χ2v) is 8.53. The van der Waals surface area contributed by atoms with Crippen LogP contribution < -0.4 is 10.1 Å². The number of hydrogen-bond donors (Lipinski definition) is 1. The van der Waals surface area contributed by atoms with Crippen LogP contribution in [0.5, 0.6) is 5.75 Å². The molecule has 0 spiro atoms. The molecular weight excluding hydrogens is 382 g/mol. The molecule has 0 aliphatic carbocycles. The number of amides is 1. The molecule has 1 aromatic carbocycles. The standard InChI is InChI=1S/C19H21N3O5S/c23-19(14-6-7-18-21-28(24,25)10-8-22(18)12-14)20-15-3-1-4-16(11-15)27-13-17-5-2-9-26-17/h1,3-4,6-7,11-12,17H,2,5,8-10,13H2,(H,20,23). The average molecular weight is 403 g/mol. The minimum atomic E-state index is -3.41. The first-order valence-corrected chi connectivity index (χ1v) is 10.7. The predicted octanol–water partition coefficient (Wildman–Crippen LogP) is 1.68. The number of sulfonamides is 1. The lowest BCUT2D eigenvalue weighted by atomic mass is 10.1. The number of nitrogens with zero attached hydrogens (tertiary/aromatic N) is 2. The molecule has 0 radical (unpaired) electrons. The summed E-state index contributed by atoms with van der Waals surface area (Å²) in [6.45, 7) is 1.54. The Morgan fingerprint density at radius 2 is 2.25 bits per heavy atom. The molecule has 3 aliphatic rings. The fourth-order valence-corrected chi connectivity index (χ4v) is 4.14. The van der Waals surface area contributed by atoms with Crippen molar-refractivity contribution in [3.8, 4) is 5.75 Å². The van der Waals surface area contributed by atoms with Crippen LogP contribution >= 0.6 is 0 Å². The Hall–Kier alpha value is -2.65. The molecule has 0 aromatic heterocycles. The molecule has 148 valence electrons. The summed E-state index contributed by atoms with van der Waals surface area (Å²) in [5.74, 6) is 0.629. The maximum atomic E-state index is 12.6. The van der Waals surface area contributed by atoms with Gasteiger partial charge in [-0.3, -0.25) is 4.79 Å². The summed E-state index contributed by atoms with van der Waals surface area (Å²) in [6.07, 6.45) is 6.89. The third-order valence-electron chi connectivity index (χ3n) is 4.64. The second kappa shape index (κ2) is 7.76. The van der Waals surface area contributed by atoms with E-state index in [9.17, 15) is 13.2 Å². The summed E-state index contributed by atoms with van der Waals surface area (Å²) in [5, 5.41) is 2.84. The van der Waals surface area contributed by atoms with Gasteiger partial charge in [-0.25, -0.2) is 8.42 Å². The highest BCUT2D eigenvalue weighted by Gasteiger charge is 2.25. The van der Waals surface area contributed by atoms with Crippen molar-refractivity contribution in [2.24, 2.45) is 4.40 Å². The third kappa shape index (κ3) is 4.42. The smallest absolute Gasteiger partial charge is 0.257 e. The molecule has 1 fully saturated rings. The van der Waals surface area contributed by atoms with Crippen molar-refractivity contribution >= 4 is 27.5 Å². The third-order valence-corrected chi connectivity index (χ3v) is 5.80. The van der Waals surface area contributed by atoms with E-state index >= 15 is 0 Å². The van der Waals surface area contributed by atoms with Gasteiger partial charge in [-0.15, -0.1) is 4.40 Å². The van der Waals surface area contributed by atoms with Gasteiger partial charge in [-0.1, -0.05) is 6.07 Å². The van der Waals surface area contributed by atoms with Crippen LogP contribution in [0, 0.1) is 0 Å². The van der Waals surface area contributed by atoms with Crippen LogP contribution in [-0.4, -0.2) is 56.7 Å². The van der Waals surface area contributed by atoms with E-state index in [2.05, 4.69) is 9.71 Å². The van der Waals surface area contributed by atoms with Crippen LogP contribution in [0.15, 0.2) is 52.6 Å². The summed E-state index contributed by atoms with van der Waals surface area (Å²) in [4.78, 5) is 14.2. The highest BCUT2D eigenvalue weighted by Crippen LogP contribution is 2.21. The van der Waals surface area contributed by atoms with Gasteiger partial charge < -0.3 is 19.7 Å². The number of benzene rings is 1. The van der Waals surface area contributed by atoms with E-state index < -0.39 is 10.0 Å². The van der Waals surface area contributed by atoms with Crippen molar-refractivity contribution in [3.63, 3.8) is 0 Å². The zero-order valence-electron chi connectivity index (χ0n) is 15.2. The largest absolute Gasteiger partial charge is 0.491 e. The van der Waals surface area contributed by atoms with Gasteiger partial charge in [-0.2, -0.15) is 0 Å². The quantitative estimate of drug-likeness (QED) is 0.803. The van der Waals surface area contributed by atoms with Crippen LogP contribution in [0.2, 0.25) is 0 Å². The first-order chi connectivity index (χ1) is 13.5. The molecule has 8 nitrogen and oxygen atoms in total. The van der Waals surface area contributed by atoms with Crippen molar-refractivity contribution in [2.45, 2.75) is 18.9 Å². The second-order valence-electron chi connectivity index (χ2n) is 6.77. The predicted molar refractivity (Wildman–Crippen MR) is 105 cm³/mol. The van der Waals surface area contributed by atoms with E-state index in [0.717, 1.165) is 19.4 Å². The highest BCUT2D eigenvalue weighted by molar-refractivity contribution is 7.90. The topological polar surface area (TPSA) is 97.3 Å². The lowest BCUT2D eigenvalue weighted by Gasteiger charge is -2.26. The molecular formula is C19H21N3O5S. The number of rotatable bonds is 5. The van der Waals surface area contributed by atoms with E-state index in [1.54, 1.807) is 29.3 Å². The lowest BCUT2D eigenvalue weighted by molar-refractivity contribution is -0.112. The van der Waals surface area contributed by atoms with Gasteiger partial charge in [-0.05, 0) is 37.1 Å². The van der Waals surface area contributed by atoms with E-state index in [0.29, 0.717) is 29.5 Å². The monoisotopic (exact) mass is 403 g/mol. The van der Waals surface area contributed by atoms with Crippen LogP contribution in [-0.2, 0) is 19.6 Å². The number of carbonyl (C=O) groups excluding carboxylic acids is 1. The van der Waals surface area contributed by atoms with E-state index in [-0.39, 0.29) is 24.3 Å². The van der Waals surface area contributed by atoms with Crippen LogP contribution in [0.3, 0.4) is 0 Å². The first kappa shape index (κ1) is 18.7. The normalized spacial score (nSPS) is 22.9. The molecule has 3 heterocycles. The van der Waals surface area contributed by atoms with E-state index in [4.69, 9.17) is 9.47 Å². The van der Waals surface area contributed by atoms with Crippen molar-refractivity contribution in [2.75, 3.05) is 30.8 Å². The van der Waals surface area contributed by atoms with Gasteiger partial charge in [0.15, 0.2) is 0 Å². The average Bonchev–Trinajstić information content (AvgIpc) is 3.19. The molecule has 9 heteroatoms. The van der Waals surface area contributed by atoms with Crippen LogP contribution in [0.25, 0.3) is 0 Å². The lowest BCUT2D eigenvalue weighted by Crippen LogP contribution is -2.37. The number of ether oxygens (including phenoxy) is 2. The molecule has 0 bridgehead atoms. The van der Waals surface area contributed by atoms with E-state index in [1.165, 1.54) is 6.08 Å². The summed E-state index contributed by atoms with van der Waals surface area (Å²) in [6, 6.07) is 7.19. The van der Waals surface area contributed by atoms with Gasteiger partial charge >= 0.3 is 0 Å². The Balaban J connectivity index is 1.39. The summed E-state index contributed by atoms with van der Waals surface area (Å²) in [7, 11) is -3.41. The maximum absolute atomic E-state index is 12.6. The number of nitrogens with one attached hydrogen (secondary N) is 1. The minimum Gasteiger partial charge on any atom is -0.491 e. The SMILES string of the molecule is O=C(Nc1cccc(OCC2CCCO2)c1)C1=CN2CCS(=O)(=O)N=C2C=C1. The Morgan fingerprint density at radius 1 is 1.36 bits per heavy atom. The number of carbonyl (C=O) groups is 1. The first-order valence-electron chi connectivity index (χ1n) is 9.13. The van der Waals surface area contributed by atoms with Gasteiger partial charge in [0, 0.05) is 31.1 Å². The van der Waals surface area contributed by atoms with Crippen molar-refractivity contribution < 1.29 is 22.7 Å². The molecule has 1 N–H and O–H groups in total. The summed E-state index contributed by atoms with van der Waals surface area (Å²) >= 11 is 0. The van der Waals surface area contributed by atoms with Crippen LogP contribution in [0.1, 0.15) is 12.8 Å². The molecule has 28 heavy (non-hydrogen) atoms. The molecule has 1 unspecified atom stereocenters. The van der Waals surface area contributed by atoms with Crippen molar-refractivity contribution in [1.82, 2.24) is 4.90 Å². The van der Waals surface area contributed by atoms with Crippen molar-refractivity contribution in [1.29, 1.82) is 0 Å². The van der Waals surface area contributed by atoms with Crippen molar-refractivity contribution in [3.05, 3.63) is 48.2 Å². The van der Waals surface area contributed by atoms with Gasteiger partial charge in [0.1, 0.15) is 18.2 Å². The minimum absolute atomic E-state index is 0.0696. The molecule has 1 atom stereocenters. The molecule has 4 rings (SSSR count). The summed E-state index contributed by atoms with van der Waals surface area (Å²) < 4.78 is 38.1.